The maximum Gasteiger partial charge on any atom is 0.235 e. The van der Waals surface area contributed by atoms with Crippen LogP contribution in [0.3, 0.4) is 0 Å². The number of allylic oxidation sites excluding steroid dienone is 1. The molecule has 228 valence electrons. The van der Waals surface area contributed by atoms with Crippen LogP contribution in [-0.2, 0) is 11.8 Å². The Balaban J connectivity index is 1.32. The molecule has 8 aromatic rings. The number of furan rings is 2. The number of aryl methyl sites for hydroxylation is 1. The first-order chi connectivity index (χ1) is 22.9. The van der Waals surface area contributed by atoms with Crippen molar-refractivity contribution in [3.8, 4) is 17.1 Å². The highest BCUT2D eigenvalue weighted by Crippen LogP contribution is 2.43. The summed E-state index contributed by atoms with van der Waals surface area (Å²) in [5.74, 6) is 1.67. The minimum absolute atomic E-state index is 0.141. The number of hydrogen-bond donors (Lipinski definition) is 0. The zero-order chi connectivity index (χ0) is 31.4. The highest BCUT2D eigenvalue weighted by atomic mass is 16.3. The van der Waals surface area contributed by atoms with Gasteiger partial charge in [-0.1, -0.05) is 81.5 Å². The van der Waals surface area contributed by atoms with Crippen molar-refractivity contribution in [3.63, 3.8) is 0 Å². The van der Waals surface area contributed by atoms with E-state index in [0.717, 1.165) is 103 Å². The van der Waals surface area contributed by atoms with Crippen LogP contribution in [0.4, 0.5) is 0 Å². The molecule has 0 unspecified atom stereocenters. The maximum atomic E-state index is 6.67. The van der Waals surface area contributed by atoms with E-state index in [1.165, 1.54) is 16.2 Å². The topological polar surface area (TPSA) is 57.0 Å². The molecule has 0 bridgehead atoms. The summed E-state index contributed by atoms with van der Waals surface area (Å²) in [7, 11) is 0. The summed E-state index contributed by atoms with van der Waals surface area (Å²) in [4.78, 5) is 10.6. The van der Waals surface area contributed by atoms with Gasteiger partial charge in [0.1, 0.15) is 22.5 Å². The van der Waals surface area contributed by atoms with Crippen molar-refractivity contribution in [2.75, 3.05) is 0 Å². The van der Waals surface area contributed by atoms with Gasteiger partial charge in [-0.05, 0) is 67.7 Å². The molecule has 5 heteroatoms. The Morgan fingerprint density at radius 2 is 1.57 bits per heavy atom. The van der Waals surface area contributed by atoms with Gasteiger partial charge in [0.05, 0.1) is 27.5 Å². The molecular weight excluding hydrogens is 578 g/mol. The van der Waals surface area contributed by atoms with Crippen molar-refractivity contribution >= 4 is 72.9 Å². The molecule has 0 N–H and O–H groups in total. The van der Waals surface area contributed by atoms with E-state index in [4.69, 9.17) is 18.8 Å². The fourth-order valence-corrected chi connectivity index (χ4v) is 7.85. The smallest absolute Gasteiger partial charge is 0.235 e. The Hall–Kier alpha value is -5.42. The summed E-state index contributed by atoms with van der Waals surface area (Å²) in [5.41, 5.74) is 9.23. The van der Waals surface area contributed by atoms with E-state index in [0.29, 0.717) is 5.95 Å². The molecule has 2 aliphatic carbocycles. The van der Waals surface area contributed by atoms with Crippen molar-refractivity contribution in [3.05, 3.63) is 106 Å². The number of fused-ring (bicyclic) bond motifs is 11. The molecular formula is C42H33N3O2. The molecule has 0 spiro atoms. The van der Waals surface area contributed by atoms with Crippen LogP contribution in [0, 0.1) is 0 Å². The molecule has 0 amide bonds. The number of rotatable bonds is 2. The third-order valence-corrected chi connectivity index (χ3v) is 9.99. The van der Waals surface area contributed by atoms with Gasteiger partial charge in [-0.15, -0.1) is 0 Å². The second-order valence-corrected chi connectivity index (χ2v) is 14.0. The quantitative estimate of drug-likeness (QED) is 0.195. The van der Waals surface area contributed by atoms with Crippen LogP contribution >= 0.6 is 0 Å². The van der Waals surface area contributed by atoms with E-state index in [2.05, 4.69) is 110 Å². The fourth-order valence-electron chi connectivity index (χ4n) is 7.85. The van der Waals surface area contributed by atoms with Gasteiger partial charge in [0.25, 0.3) is 0 Å². The number of hydrogen-bond acceptors (Lipinski definition) is 4. The first-order valence-corrected chi connectivity index (χ1v) is 16.6. The zero-order valence-corrected chi connectivity index (χ0v) is 26.7. The van der Waals surface area contributed by atoms with Crippen LogP contribution in [0.2, 0.25) is 0 Å². The molecule has 0 fully saturated rings. The van der Waals surface area contributed by atoms with Crippen molar-refractivity contribution in [1.82, 2.24) is 14.5 Å². The molecule has 4 heterocycles. The van der Waals surface area contributed by atoms with E-state index >= 15 is 0 Å². The second-order valence-electron chi connectivity index (χ2n) is 14.0. The summed E-state index contributed by atoms with van der Waals surface area (Å²) in [5, 5.41) is 7.78. The lowest BCUT2D eigenvalue weighted by Crippen LogP contribution is -2.40. The van der Waals surface area contributed by atoms with Crippen LogP contribution in [0.1, 0.15) is 57.1 Å². The van der Waals surface area contributed by atoms with Gasteiger partial charge in [-0.2, -0.15) is 0 Å². The first-order valence-electron chi connectivity index (χ1n) is 16.6. The normalized spacial score (nSPS) is 14.6. The Kier molecular flexibility index (Phi) is 5.44. The van der Waals surface area contributed by atoms with Crippen LogP contribution < -0.4 is 10.6 Å². The van der Waals surface area contributed by atoms with Gasteiger partial charge in [0.2, 0.25) is 5.95 Å². The molecule has 0 aliphatic heterocycles. The van der Waals surface area contributed by atoms with Crippen LogP contribution in [0.5, 0.6) is 0 Å². The molecule has 0 saturated heterocycles. The summed E-state index contributed by atoms with van der Waals surface area (Å²) in [6, 6.07) is 25.9. The lowest BCUT2D eigenvalue weighted by atomic mass is 9.89. The van der Waals surface area contributed by atoms with E-state index in [9.17, 15) is 0 Å². The number of para-hydroxylation sites is 2. The van der Waals surface area contributed by atoms with Crippen molar-refractivity contribution in [2.45, 2.75) is 51.9 Å². The predicted octanol–water partition coefficient (Wildman–Crippen LogP) is 9.50. The van der Waals surface area contributed by atoms with Crippen LogP contribution in [-0.4, -0.2) is 14.5 Å². The second kappa shape index (κ2) is 9.55. The van der Waals surface area contributed by atoms with Crippen molar-refractivity contribution < 1.29 is 8.83 Å². The minimum atomic E-state index is -0.141. The van der Waals surface area contributed by atoms with Crippen molar-refractivity contribution in [2.24, 2.45) is 0 Å². The van der Waals surface area contributed by atoms with Gasteiger partial charge in [0, 0.05) is 43.3 Å². The molecule has 4 aromatic heterocycles. The Bertz CT molecular complexity index is 2780. The zero-order valence-electron chi connectivity index (χ0n) is 26.7. The SMILES string of the molecule is CC(C)(C)c1nc(-n2c3ccc(-c4cccc5c6c(oc45)C=CCC6)cc3c3c4oc5ccccc5c4ccc32)nc2c1=CCCC=2. The van der Waals surface area contributed by atoms with Crippen LogP contribution in [0.15, 0.2) is 87.7 Å². The van der Waals surface area contributed by atoms with Crippen LogP contribution in [0.25, 0.3) is 90.0 Å². The molecule has 0 saturated carbocycles. The lowest BCUT2D eigenvalue weighted by Gasteiger charge is -2.21. The molecule has 10 rings (SSSR count). The Labute approximate surface area is 271 Å². The van der Waals surface area contributed by atoms with E-state index in [1.54, 1.807) is 0 Å². The summed E-state index contributed by atoms with van der Waals surface area (Å²) >= 11 is 0. The molecule has 4 aromatic carbocycles. The minimum Gasteiger partial charge on any atom is -0.456 e. The summed E-state index contributed by atoms with van der Waals surface area (Å²) in [6.07, 6.45) is 12.9. The van der Waals surface area contributed by atoms with E-state index in [1.807, 2.05) is 12.1 Å². The highest BCUT2D eigenvalue weighted by molar-refractivity contribution is 6.24. The largest absolute Gasteiger partial charge is 0.456 e. The average molecular weight is 612 g/mol. The maximum absolute atomic E-state index is 6.67. The Morgan fingerprint density at radius 3 is 2.49 bits per heavy atom. The molecule has 0 radical (unpaired) electrons. The average Bonchev–Trinajstić information content (AvgIpc) is 3.76. The number of aromatic nitrogens is 3. The van der Waals surface area contributed by atoms with E-state index < -0.39 is 0 Å². The molecule has 47 heavy (non-hydrogen) atoms. The monoisotopic (exact) mass is 611 g/mol. The number of benzene rings is 4. The van der Waals surface area contributed by atoms with Gasteiger partial charge >= 0.3 is 0 Å². The molecule has 2 aliphatic rings. The van der Waals surface area contributed by atoms with Gasteiger partial charge in [-0.25, -0.2) is 9.97 Å². The van der Waals surface area contributed by atoms with Crippen molar-refractivity contribution in [1.29, 1.82) is 0 Å². The van der Waals surface area contributed by atoms with Gasteiger partial charge in [0.15, 0.2) is 0 Å². The first kappa shape index (κ1) is 26.8. The number of nitrogens with zero attached hydrogens (tertiary/aromatic N) is 3. The third kappa shape index (κ3) is 3.83. The standard InChI is InChI=1S/C42H33N3O2/c1-42(2,3)40-30-13-4-7-16-32(30)43-41(44-40)45-33-21-19-24(25-14-10-15-28-26-11-5-8-17-35(26)46-38(25)28)23-31(33)37-34(45)22-20-29-27-12-6-9-18-36(27)47-39(29)37/h6,8-10,12-23H,4-5,7,11H2,1-3H3. The van der Waals surface area contributed by atoms with E-state index in [-0.39, 0.29) is 5.41 Å². The molecule has 5 nitrogen and oxygen atoms in total. The van der Waals surface area contributed by atoms with Gasteiger partial charge in [-0.3, -0.25) is 4.57 Å². The fraction of sp³-hybridized carbons (Fsp3) is 0.190. The van der Waals surface area contributed by atoms with Gasteiger partial charge < -0.3 is 8.83 Å². The molecule has 0 atom stereocenters. The third-order valence-electron chi connectivity index (χ3n) is 9.99. The Morgan fingerprint density at radius 1 is 0.723 bits per heavy atom. The summed E-state index contributed by atoms with van der Waals surface area (Å²) < 4.78 is 15.4. The highest BCUT2D eigenvalue weighted by Gasteiger charge is 2.25. The lowest BCUT2D eigenvalue weighted by molar-refractivity contribution is 0.558. The summed E-state index contributed by atoms with van der Waals surface area (Å²) in [6.45, 7) is 6.71. The predicted molar refractivity (Wildman–Crippen MR) is 192 cm³/mol.